The molecule has 1 N–H and O–H groups in total. The molecule has 4 heterocycles. The van der Waals surface area contributed by atoms with Crippen LogP contribution in [0.4, 0.5) is 0 Å². The van der Waals surface area contributed by atoms with Crippen molar-refractivity contribution in [2.24, 2.45) is 13.0 Å². The molecule has 0 aromatic carbocycles. The Hall–Kier alpha value is -2.47. The van der Waals surface area contributed by atoms with Gasteiger partial charge in [0, 0.05) is 19.3 Å². The van der Waals surface area contributed by atoms with Gasteiger partial charge in [0.2, 0.25) is 11.1 Å². The molecule has 1 amide bonds. The first-order chi connectivity index (χ1) is 12.9. The molecule has 12 heteroatoms. The van der Waals surface area contributed by atoms with Crippen molar-refractivity contribution in [3.8, 4) is 0 Å². The molecule has 0 unspecified atom stereocenters. The number of rotatable bonds is 6. The summed E-state index contributed by atoms with van der Waals surface area (Å²) in [7, 11) is 3.01. The minimum absolute atomic E-state index is 0.0326. The van der Waals surface area contributed by atoms with E-state index in [4.69, 9.17) is 4.74 Å². The number of aromatic nitrogens is 4. The molecule has 3 aliphatic rings. The highest BCUT2D eigenvalue weighted by atomic mass is 32.2. The highest BCUT2D eigenvalue weighted by Gasteiger charge is 2.62. The second-order valence-corrected chi connectivity index (χ2v) is 7.69. The van der Waals surface area contributed by atoms with Gasteiger partial charge in [-0.15, -0.1) is 5.10 Å². The summed E-state index contributed by atoms with van der Waals surface area (Å²) >= 11 is 1.33. The van der Waals surface area contributed by atoms with E-state index in [0.717, 1.165) is 0 Å². The predicted octanol–water partition coefficient (Wildman–Crippen LogP) is -1.27. The molecule has 0 spiro atoms. The van der Waals surface area contributed by atoms with E-state index in [1.165, 1.54) is 28.5 Å². The summed E-state index contributed by atoms with van der Waals surface area (Å²) < 4.78 is 6.21. The third-order valence-electron chi connectivity index (χ3n) is 5.26. The number of likely N-dealkylation sites (tertiary alicyclic amines) is 1. The minimum atomic E-state index is -1.11. The van der Waals surface area contributed by atoms with Gasteiger partial charge in [-0.05, 0) is 28.3 Å². The predicted molar refractivity (Wildman–Crippen MR) is 90.3 cm³/mol. The van der Waals surface area contributed by atoms with Gasteiger partial charge >= 0.3 is 11.9 Å². The Morgan fingerprint density at radius 3 is 2.81 bits per heavy atom. The molecule has 1 aromatic heterocycles. The number of carboxylic acid groups (broad SMARTS) is 1. The molecule has 0 aliphatic carbocycles. The monoisotopic (exact) mass is 394 g/mol. The van der Waals surface area contributed by atoms with Gasteiger partial charge in [-0.2, -0.15) is 0 Å². The summed E-state index contributed by atoms with van der Waals surface area (Å²) in [6, 6.07) is -0.640. The van der Waals surface area contributed by atoms with Crippen molar-refractivity contribution in [1.29, 1.82) is 0 Å². The van der Waals surface area contributed by atoms with Crippen LogP contribution in [0.2, 0.25) is 0 Å². The van der Waals surface area contributed by atoms with Gasteiger partial charge in [-0.1, -0.05) is 11.8 Å². The van der Waals surface area contributed by atoms with E-state index in [2.05, 4.69) is 15.5 Å². The Morgan fingerprint density at radius 2 is 2.19 bits per heavy atom. The smallest absolute Gasteiger partial charge is 0.352 e. The Balaban J connectivity index is 1.57. The zero-order valence-corrected chi connectivity index (χ0v) is 15.5. The summed E-state index contributed by atoms with van der Waals surface area (Å²) in [5.41, 5.74) is 0.739. The van der Waals surface area contributed by atoms with Crippen LogP contribution < -0.4 is 0 Å². The zero-order valence-electron chi connectivity index (χ0n) is 14.7. The number of aryl methyl sites for hydroxylation is 1. The van der Waals surface area contributed by atoms with Crippen LogP contribution in [0, 0.1) is 5.92 Å². The second-order valence-electron chi connectivity index (χ2n) is 6.74. The topological polar surface area (TPSA) is 131 Å². The number of aliphatic carboxylic acids is 1. The average Bonchev–Trinajstić information content (AvgIpc) is 3.19. The molecule has 144 valence electrons. The van der Waals surface area contributed by atoms with Gasteiger partial charge in [0.25, 0.3) is 0 Å². The van der Waals surface area contributed by atoms with Gasteiger partial charge < -0.3 is 9.84 Å². The molecule has 4 rings (SSSR count). The zero-order chi connectivity index (χ0) is 19.3. The summed E-state index contributed by atoms with van der Waals surface area (Å²) in [6.45, 7) is 0.587. The van der Waals surface area contributed by atoms with Gasteiger partial charge in [0.05, 0.1) is 19.7 Å². The number of carboxylic acids is 1. The first-order valence-electron chi connectivity index (χ1n) is 8.36. The number of ether oxygens (including phenoxy) is 1. The maximum atomic E-state index is 12.7. The second kappa shape index (κ2) is 6.60. The van der Waals surface area contributed by atoms with Gasteiger partial charge in [0.1, 0.15) is 11.7 Å². The Bertz CT molecular complexity index is 854. The lowest BCUT2D eigenvalue weighted by atomic mass is 9.79. The van der Waals surface area contributed by atoms with Crippen LogP contribution in [0.25, 0.3) is 0 Å². The van der Waals surface area contributed by atoms with Crippen molar-refractivity contribution in [2.45, 2.75) is 23.7 Å². The fourth-order valence-corrected chi connectivity index (χ4v) is 5.03. The van der Waals surface area contributed by atoms with E-state index in [9.17, 15) is 19.5 Å². The highest BCUT2D eigenvalue weighted by Crippen LogP contribution is 2.47. The van der Waals surface area contributed by atoms with E-state index >= 15 is 0 Å². The van der Waals surface area contributed by atoms with Crippen molar-refractivity contribution in [2.75, 3.05) is 26.0 Å². The Morgan fingerprint density at radius 1 is 1.41 bits per heavy atom. The first kappa shape index (κ1) is 17.9. The number of carbonyl (C=O) groups excluding carboxylic acids is 2. The standard InChI is InChI=1S/C15H18N6O5S/c1-19-15(16-17-18-19)27-6-8-3-7-4-20(5-9(22)26-2)12-10(7)21(13(12)23)11(8)14(24)25/h7,10,12H,3-6H2,1-2H3,(H,24,25)/t7-,10-,12+/m1/s1. The van der Waals surface area contributed by atoms with E-state index in [1.807, 2.05) is 0 Å². The van der Waals surface area contributed by atoms with Crippen LogP contribution >= 0.6 is 11.8 Å². The fraction of sp³-hybridized carbons (Fsp3) is 0.600. The fourth-order valence-electron chi connectivity index (χ4n) is 4.16. The molecule has 0 bridgehead atoms. The lowest BCUT2D eigenvalue weighted by molar-refractivity contribution is -0.158. The van der Waals surface area contributed by atoms with E-state index in [-0.39, 0.29) is 30.1 Å². The minimum Gasteiger partial charge on any atom is -0.477 e. The van der Waals surface area contributed by atoms with Crippen molar-refractivity contribution in [3.63, 3.8) is 0 Å². The van der Waals surface area contributed by atoms with E-state index in [1.54, 1.807) is 11.9 Å². The third kappa shape index (κ3) is 2.79. The molecule has 11 nitrogen and oxygen atoms in total. The van der Waals surface area contributed by atoms with Gasteiger partial charge in [-0.25, -0.2) is 9.48 Å². The maximum Gasteiger partial charge on any atom is 0.352 e. The van der Waals surface area contributed by atoms with Gasteiger partial charge in [0.15, 0.2) is 0 Å². The number of tetrazole rings is 1. The summed E-state index contributed by atoms with van der Waals surface area (Å²) in [5.74, 6) is -1.32. The molecule has 2 saturated heterocycles. The molecule has 3 atom stereocenters. The van der Waals surface area contributed by atoms with E-state index in [0.29, 0.717) is 29.4 Å². The molecule has 3 aliphatic heterocycles. The number of amides is 1. The number of carbonyl (C=O) groups is 3. The van der Waals surface area contributed by atoms with Crippen LogP contribution in [-0.2, 0) is 26.2 Å². The summed E-state index contributed by atoms with van der Waals surface area (Å²) in [4.78, 5) is 39.4. The largest absolute Gasteiger partial charge is 0.477 e. The first-order valence-corrected chi connectivity index (χ1v) is 9.35. The molecule has 0 radical (unpaired) electrons. The maximum absolute atomic E-state index is 12.7. The van der Waals surface area contributed by atoms with Crippen molar-refractivity contribution in [3.05, 3.63) is 11.3 Å². The Labute approximate surface area is 158 Å². The summed E-state index contributed by atoms with van der Waals surface area (Å²) in [6.07, 6.45) is 0.558. The Kier molecular flexibility index (Phi) is 4.38. The molecular formula is C15H18N6O5S. The number of β-lactam (4-membered cyclic amide) rings is 1. The average molecular weight is 394 g/mol. The number of thioether (sulfide) groups is 1. The number of hydrogen-bond acceptors (Lipinski definition) is 9. The SMILES string of the molecule is COC(=O)CN1C[C@H]2CC(CSc3nnnn3C)=C(C(=O)O)N3C(=O)[C@@H]1[C@@H]23. The van der Waals surface area contributed by atoms with Crippen LogP contribution in [0.3, 0.4) is 0 Å². The van der Waals surface area contributed by atoms with Crippen molar-refractivity contribution in [1.82, 2.24) is 30.0 Å². The molecule has 27 heavy (non-hydrogen) atoms. The van der Waals surface area contributed by atoms with Crippen LogP contribution in [0.5, 0.6) is 0 Å². The normalized spacial score (nSPS) is 26.8. The number of methoxy groups -OCH3 is 1. The van der Waals surface area contributed by atoms with Crippen LogP contribution in [-0.4, -0.2) is 91.0 Å². The molecule has 2 fully saturated rings. The third-order valence-corrected chi connectivity index (χ3v) is 6.36. The highest BCUT2D eigenvalue weighted by molar-refractivity contribution is 7.99. The number of esters is 1. The van der Waals surface area contributed by atoms with Crippen molar-refractivity contribution >= 4 is 29.6 Å². The lowest BCUT2D eigenvalue weighted by Gasteiger charge is -2.50. The quantitative estimate of drug-likeness (QED) is 0.354. The lowest BCUT2D eigenvalue weighted by Crippen LogP contribution is -2.69. The number of nitrogens with zero attached hydrogens (tertiary/aromatic N) is 6. The van der Waals surface area contributed by atoms with Crippen LogP contribution in [0.1, 0.15) is 6.42 Å². The molecule has 0 saturated carbocycles. The number of hydrogen-bond donors (Lipinski definition) is 1. The van der Waals surface area contributed by atoms with Crippen LogP contribution in [0.15, 0.2) is 16.4 Å². The molecular weight excluding hydrogens is 376 g/mol. The van der Waals surface area contributed by atoms with Crippen molar-refractivity contribution < 1.29 is 24.2 Å². The van der Waals surface area contributed by atoms with Gasteiger partial charge in [-0.3, -0.25) is 19.4 Å². The van der Waals surface area contributed by atoms with E-state index < -0.39 is 18.0 Å². The molecule has 1 aromatic rings. The summed E-state index contributed by atoms with van der Waals surface area (Å²) in [5, 5.41) is 21.5.